The van der Waals surface area contributed by atoms with Gasteiger partial charge in [-0.2, -0.15) is 0 Å². The number of rotatable bonds is 4. The van der Waals surface area contributed by atoms with E-state index in [0.29, 0.717) is 33.2 Å². The normalized spacial score (nSPS) is 10.8. The summed E-state index contributed by atoms with van der Waals surface area (Å²) < 4.78 is 0. The fourth-order valence-electron chi connectivity index (χ4n) is 2.87. The van der Waals surface area contributed by atoms with Crippen LogP contribution in [0, 0.1) is 0 Å². The van der Waals surface area contributed by atoms with Gasteiger partial charge in [-0.05, 0) is 18.2 Å². The minimum atomic E-state index is 0.337. The lowest BCUT2D eigenvalue weighted by atomic mass is 10.1. The average Bonchev–Trinajstić information content (AvgIpc) is 2.73. The van der Waals surface area contributed by atoms with Crippen LogP contribution < -0.4 is 0 Å². The van der Waals surface area contributed by atoms with Crippen LogP contribution in [0.1, 0.15) is 11.3 Å². The number of aromatic nitrogens is 4. The highest BCUT2D eigenvalue weighted by Gasteiger charge is 2.12. The first-order valence-corrected chi connectivity index (χ1v) is 9.22. The van der Waals surface area contributed by atoms with Crippen molar-refractivity contribution in [2.45, 2.75) is 0 Å². The molecule has 2 aromatic carbocycles. The molecule has 6 heteroatoms. The number of hydrogen-bond acceptors (Lipinski definition) is 4. The molecular weight excluding hydrogens is 391 g/mol. The first-order valence-electron chi connectivity index (χ1n) is 8.46. The van der Waals surface area contributed by atoms with Crippen molar-refractivity contribution in [3.8, 4) is 22.8 Å². The van der Waals surface area contributed by atoms with E-state index in [1.807, 2.05) is 48.5 Å². The maximum Gasteiger partial charge on any atom is 0.161 e. The first-order chi connectivity index (χ1) is 13.6. The molecule has 0 fully saturated rings. The smallest absolute Gasteiger partial charge is 0.161 e. The molecule has 2 aromatic heterocycles. The minimum absolute atomic E-state index is 0.337. The van der Waals surface area contributed by atoms with Gasteiger partial charge in [-0.3, -0.25) is 0 Å². The van der Waals surface area contributed by atoms with Gasteiger partial charge in [0.2, 0.25) is 0 Å². The Kier molecular flexibility index (Phi) is 4.90. The molecule has 136 valence electrons. The lowest BCUT2D eigenvalue weighted by molar-refractivity contribution is 1.15. The van der Waals surface area contributed by atoms with Gasteiger partial charge in [0, 0.05) is 22.1 Å². The van der Waals surface area contributed by atoms with Crippen LogP contribution in [0.2, 0.25) is 10.3 Å². The summed E-state index contributed by atoms with van der Waals surface area (Å²) in [4.78, 5) is 17.9. The summed E-state index contributed by atoms with van der Waals surface area (Å²) in [6, 6.07) is 15.2. The molecule has 0 aliphatic rings. The number of nitrogens with zero attached hydrogens (tertiary/aromatic N) is 4. The van der Waals surface area contributed by atoms with Crippen molar-refractivity contribution in [2.24, 2.45) is 0 Å². The summed E-state index contributed by atoms with van der Waals surface area (Å²) in [6.07, 6.45) is 3.25. The second kappa shape index (κ2) is 7.50. The predicted molar refractivity (Wildman–Crippen MR) is 116 cm³/mol. The van der Waals surface area contributed by atoms with Gasteiger partial charge in [0.1, 0.15) is 10.3 Å². The van der Waals surface area contributed by atoms with Crippen molar-refractivity contribution in [3.63, 3.8) is 0 Å². The number of fused-ring (bicyclic) bond motifs is 1. The van der Waals surface area contributed by atoms with Crippen molar-refractivity contribution in [1.82, 2.24) is 19.9 Å². The van der Waals surface area contributed by atoms with Gasteiger partial charge in [0.25, 0.3) is 0 Å². The van der Waals surface area contributed by atoms with Crippen LogP contribution in [0.5, 0.6) is 0 Å². The van der Waals surface area contributed by atoms with Crippen LogP contribution in [-0.2, 0) is 0 Å². The number of hydrogen-bond donors (Lipinski definition) is 0. The average molecular weight is 405 g/mol. The highest BCUT2D eigenvalue weighted by Crippen LogP contribution is 2.28. The molecule has 0 saturated carbocycles. The lowest BCUT2D eigenvalue weighted by Crippen LogP contribution is -1.97. The second-order valence-electron chi connectivity index (χ2n) is 5.98. The van der Waals surface area contributed by atoms with E-state index in [1.54, 1.807) is 12.2 Å². The molecule has 0 aliphatic carbocycles. The van der Waals surface area contributed by atoms with E-state index >= 15 is 0 Å². The third-order valence-corrected chi connectivity index (χ3v) is 4.86. The van der Waals surface area contributed by atoms with Crippen LogP contribution in [-0.4, -0.2) is 19.9 Å². The molecule has 0 aliphatic heterocycles. The van der Waals surface area contributed by atoms with Gasteiger partial charge in [-0.25, -0.2) is 19.9 Å². The summed E-state index contributed by atoms with van der Waals surface area (Å²) in [7, 11) is 0. The second-order valence-corrected chi connectivity index (χ2v) is 6.69. The standard InChI is InChI=1S/C22H14Cl2N4/c1-3-15-17(4-2)25-21(27-19(15)23)13-9-11-14(12-10-13)22-26-18-8-6-5-7-16(18)20(24)28-22/h3-12H,1-2H2. The van der Waals surface area contributed by atoms with E-state index in [4.69, 9.17) is 23.2 Å². The highest BCUT2D eigenvalue weighted by atomic mass is 35.5. The van der Waals surface area contributed by atoms with E-state index in [0.717, 1.165) is 22.0 Å². The van der Waals surface area contributed by atoms with Crippen molar-refractivity contribution < 1.29 is 0 Å². The van der Waals surface area contributed by atoms with E-state index in [2.05, 4.69) is 33.1 Å². The van der Waals surface area contributed by atoms with Gasteiger partial charge in [-0.15, -0.1) is 0 Å². The molecule has 0 bridgehead atoms. The Hall–Kier alpha value is -3.08. The Morgan fingerprint density at radius 3 is 1.93 bits per heavy atom. The molecule has 0 saturated heterocycles. The zero-order valence-electron chi connectivity index (χ0n) is 14.7. The van der Waals surface area contributed by atoms with E-state index in [9.17, 15) is 0 Å². The maximum atomic E-state index is 6.32. The van der Waals surface area contributed by atoms with Crippen molar-refractivity contribution in [1.29, 1.82) is 0 Å². The Labute approximate surface area is 172 Å². The van der Waals surface area contributed by atoms with Gasteiger partial charge in [0.15, 0.2) is 11.6 Å². The SMILES string of the molecule is C=Cc1nc(-c2ccc(-c3nc(Cl)c4ccccc4n3)cc2)nc(Cl)c1C=C. The molecule has 4 nitrogen and oxygen atoms in total. The molecule has 4 aromatic rings. The monoisotopic (exact) mass is 404 g/mol. The fourth-order valence-corrected chi connectivity index (χ4v) is 3.36. The molecule has 0 atom stereocenters. The predicted octanol–water partition coefficient (Wildman–Crippen LogP) is 6.35. The van der Waals surface area contributed by atoms with Crippen LogP contribution in [0.3, 0.4) is 0 Å². The Morgan fingerprint density at radius 1 is 0.679 bits per heavy atom. The topological polar surface area (TPSA) is 51.6 Å². The molecule has 0 amide bonds. The number of benzene rings is 2. The van der Waals surface area contributed by atoms with Crippen LogP contribution >= 0.6 is 23.2 Å². The summed E-state index contributed by atoms with van der Waals surface area (Å²) in [6.45, 7) is 7.52. The summed E-state index contributed by atoms with van der Waals surface area (Å²) in [5.74, 6) is 1.07. The first kappa shape index (κ1) is 18.3. The summed E-state index contributed by atoms with van der Waals surface area (Å²) >= 11 is 12.6. The molecule has 0 radical (unpaired) electrons. The molecule has 28 heavy (non-hydrogen) atoms. The third kappa shape index (κ3) is 3.28. The Morgan fingerprint density at radius 2 is 1.29 bits per heavy atom. The number of halogens is 2. The molecule has 2 heterocycles. The highest BCUT2D eigenvalue weighted by molar-refractivity contribution is 6.34. The zero-order valence-corrected chi connectivity index (χ0v) is 16.2. The third-order valence-electron chi connectivity index (χ3n) is 4.28. The molecular formula is C22H14Cl2N4. The summed E-state index contributed by atoms with van der Waals surface area (Å²) in [5, 5.41) is 1.59. The van der Waals surface area contributed by atoms with Gasteiger partial charge in [-0.1, -0.05) is 78.8 Å². The Bertz CT molecular complexity index is 1220. The quantitative estimate of drug-likeness (QED) is 0.372. The van der Waals surface area contributed by atoms with Crippen molar-refractivity contribution >= 4 is 46.3 Å². The Balaban J connectivity index is 1.75. The zero-order chi connectivity index (χ0) is 19.7. The van der Waals surface area contributed by atoms with Gasteiger partial charge >= 0.3 is 0 Å². The molecule has 0 N–H and O–H groups in total. The van der Waals surface area contributed by atoms with E-state index in [-0.39, 0.29) is 0 Å². The van der Waals surface area contributed by atoms with Crippen LogP contribution in [0.25, 0.3) is 45.8 Å². The summed E-state index contributed by atoms with van der Waals surface area (Å²) in [5.41, 5.74) is 3.76. The molecule has 0 unspecified atom stereocenters. The minimum Gasteiger partial charge on any atom is -0.228 e. The van der Waals surface area contributed by atoms with Crippen molar-refractivity contribution in [3.05, 3.63) is 83.3 Å². The van der Waals surface area contributed by atoms with Crippen LogP contribution in [0.4, 0.5) is 0 Å². The number of para-hydroxylation sites is 1. The molecule has 4 rings (SSSR count). The van der Waals surface area contributed by atoms with E-state index in [1.165, 1.54) is 0 Å². The fraction of sp³-hybridized carbons (Fsp3) is 0. The van der Waals surface area contributed by atoms with E-state index < -0.39 is 0 Å². The van der Waals surface area contributed by atoms with Gasteiger partial charge in [0.05, 0.1) is 11.2 Å². The van der Waals surface area contributed by atoms with Crippen LogP contribution in [0.15, 0.2) is 61.7 Å². The molecule has 0 spiro atoms. The van der Waals surface area contributed by atoms with Gasteiger partial charge < -0.3 is 0 Å². The largest absolute Gasteiger partial charge is 0.228 e. The maximum absolute atomic E-state index is 6.32. The van der Waals surface area contributed by atoms with Crippen molar-refractivity contribution in [2.75, 3.05) is 0 Å². The lowest BCUT2D eigenvalue weighted by Gasteiger charge is -2.08.